The van der Waals surface area contributed by atoms with Crippen molar-refractivity contribution in [3.63, 3.8) is 0 Å². The Hall–Kier alpha value is -1.39. The molecule has 1 aromatic carbocycles. The normalized spacial score (nSPS) is 18.1. The summed E-state index contributed by atoms with van der Waals surface area (Å²) in [6, 6.07) is 4.17. The molecule has 18 heavy (non-hydrogen) atoms. The minimum atomic E-state index is -4.39. The summed E-state index contributed by atoms with van der Waals surface area (Å²) in [5.74, 6) is 0.650. The number of alkyl halides is 3. The minimum absolute atomic E-state index is 0.211. The molecular weight excluding hydrogens is 241 g/mol. The maximum Gasteiger partial charge on any atom is 0.418 e. The van der Waals surface area contributed by atoms with E-state index >= 15 is 0 Å². The third-order valence-corrected chi connectivity index (χ3v) is 3.49. The first-order valence-corrected chi connectivity index (χ1v) is 6.09. The Bertz CT molecular complexity index is 421. The molecule has 0 aliphatic carbocycles. The summed E-state index contributed by atoms with van der Waals surface area (Å²) in [6.45, 7) is 3.78. The van der Waals surface area contributed by atoms with Crippen LogP contribution in [-0.4, -0.2) is 13.1 Å². The van der Waals surface area contributed by atoms with E-state index in [0.717, 1.165) is 32.0 Å². The first-order chi connectivity index (χ1) is 8.38. The second-order valence-electron chi connectivity index (χ2n) is 4.94. The number of rotatable bonds is 1. The summed E-state index contributed by atoms with van der Waals surface area (Å²) in [5, 5.41) is 0. The number of benzene rings is 1. The monoisotopic (exact) mass is 258 g/mol. The van der Waals surface area contributed by atoms with Crippen molar-refractivity contribution in [3.05, 3.63) is 23.8 Å². The molecule has 0 atom stereocenters. The summed E-state index contributed by atoms with van der Waals surface area (Å²) in [7, 11) is 0. The maximum absolute atomic E-state index is 12.8. The molecule has 2 N–H and O–H groups in total. The average molecular weight is 258 g/mol. The van der Waals surface area contributed by atoms with Crippen LogP contribution in [0.3, 0.4) is 0 Å². The van der Waals surface area contributed by atoms with Crippen LogP contribution in [0.4, 0.5) is 24.5 Å². The number of nitrogens with two attached hydrogens (primary N) is 1. The van der Waals surface area contributed by atoms with E-state index in [9.17, 15) is 13.2 Å². The lowest BCUT2D eigenvalue weighted by molar-refractivity contribution is -0.136. The van der Waals surface area contributed by atoms with Crippen LogP contribution in [0.25, 0.3) is 0 Å². The van der Waals surface area contributed by atoms with Crippen LogP contribution in [0, 0.1) is 5.92 Å². The van der Waals surface area contributed by atoms with Crippen LogP contribution >= 0.6 is 0 Å². The third kappa shape index (κ3) is 2.71. The van der Waals surface area contributed by atoms with Gasteiger partial charge in [-0.25, -0.2) is 0 Å². The summed E-state index contributed by atoms with van der Waals surface area (Å²) in [4.78, 5) is 1.99. The van der Waals surface area contributed by atoms with Gasteiger partial charge in [-0.15, -0.1) is 0 Å². The molecule has 100 valence electrons. The Morgan fingerprint density at radius 1 is 1.22 bits per heavy atom. The Labute approximate surface area is 105 Å². The summed E-state index contributed by atoms with van der Waals surface area (Å²) in [6.07, 6.45) is -2.35. The number of anilines is 2. The molecule has 0 aromatic heterocycles. The van der Waals surface area contributed by atoms with Gasteiger partial charge in [-0.2, -0.15) is 13.2 Å². The van der Waals surface area contributed by atoms with Crippen LogP contribution in [0.1, 0.15) is 25.3 Å². The predicted molar refractivity (Wildman–Crippen MR) is 66.5 cm³/mol. The van der Waals surface area contributed by atoms with Gasteiger partial charge in [0, 0.05) is 24.5 Å². The van der Waals surface area contributed by atoms with Crippen LogP contribution < -0.4 is 10.6 Å². The molecule has 1 saturated heterocycles. The summed E-state index contributed by atoms with van der Waals surface area (Å²) in [5.41, 5.74) is 5.05. The van der Waals surface area contributed by atoms with E-state index in [1.165, 1.54) is 6.07 Å². The zero-order valence-electron chi connectivity index (χ0n) is 10.3. The molecule has 1 fully saturated rings. The Morgan fingerprint density at radius 2 is 1.83 bits per heavy atom. The largest absolute Gasteiger partial charge is 0.418 e. The second kappa shape index (κ2) is 4.71. The Morgan fingerprint density at radius 3 is 2.39 bits per heavy atom. The molecule has 0 saturated carbocycles. The quantitative estimate of drug-likeness (QED) is 0.781. The van der Waals surface area contributed by atoms with E-state index in [2.05, 4.69) is 6.92 Å². The fourth-order valence-electron chi connectivity index (χ4n) is 2.25. The fraction of sp³-hybridized carbons (Fsp3) is 0.538. The lowest BCUT2D eigenvalue weighted by Crippen LogP contribution is -2.32. The van der Waals surface area contributed by atoms with Gasteiger partial charge in [-0.1, -0.05) is 6.92 Å². The van der Waals surface area contributed by atoms with Crippen LogP contribution in [0.2, 0.25) is 0 Å². The minimum Gasteiger partial charge on any atom is -0.398 e. The van der Waals surface area contributed by atoms with E-state index in [4.69, 9.17) is 5.73 Å². The number of nitrogen functional groups attached to an aromatic ring is 1. The van der Waals surface area contributed by atoms with E-state index in [1.54, 1.807) is 6.07 Å². The molecule has 0 unspecified atom stereocenters. The first kappa shape index (κ1) is 13.1. The van der Waals surface area contributed by atoms with Gasteiger partial charge in [0.05, 0.1) is 5.56 Å². The van der Waals surface area contributed by atoms with Gasteiger partial charge in [0.25, 0.3) is 0 Å². The van der Waals surface area contributed by atoms with Gasteiger partial charge < -0.3 is 10.6 Å². The first-order valence-electron chi connectivity index (χ1n) is 6.09. The zero-order valence-corrected chi connectivity index (χ0v) is 10.3. The molecule has 2 rings (SSSR count). The molecule has 1 aliphatic rings. The smallest absolute Gasteiger partial charge is 0.398 e. The topological polar surface area (TPSA) is 29.3 Å². The van der Waals surface area contributed by atoms with E-state index in [0.29, 0.717) is 11.6 Å². The van der Waals surface area contributed by atoms with Crippen molar-refractivity contribution < 1.29 is 13.2 Å². The van der Waals surface area contributed by atoms with Gasteiger partial charge in [0.1, 0.15) is 0 Å². The van der Waals surface area contributed by atoms with Crippen molar-refractivity contribution in [2.45, 2.75) is 25.9 Å². The van der Waals surface area contributed by atoms with Crippen molar-refractivity contribution in [2.75, 3.05) is 23.7 Å². The van der Waals surface area contributed by atoms with Crippen molar-refractivity contribution in [3.8, 4) is 0 Å². The molecule has 0 amide bonds. The second-order valence-corrected chi connectivity index (χ2v) is 4.94. The molecule has 0 spiro atoms. The van der Waals surface area contributed by atoms with Crippen molar-refractivity contribution in [1.82, 2.24) is 0 Å². The van der Waals surface area contributed by atoms with E-state index in [-0.39, 0.29) is 5.69 Å². The predicted octanol–water partition coefficient (Wildman–Crippen LogP) is 3.52. The standard InChI is InChI=1S/C13H17F3N2/c1-9-4-6-18(7-5-9)10-2-3-12(17)11(8-10)13(14,15)16/h2-3,8-9H,4-7,17H2,1H3. The number of halogens is 3. The fourth-order valence-corrected chi connectivity index (χ4v) is 2.25. The highest BCUT2D eigenvalue weighted by Gasteiger charge is 2.33. The Balaban J connectivity index is 2.24. The maximum atomic E-state index is 12.8. The Kier molecular flexibility index (Phi) is 3.41. The molecule has 1 aromatic rings. The molecule has 1 heterocycles. The molecule has 5 heteroatoms. The molecule has 1 aliphatic heterocycles. The van der Waals surface area contributed by atoms with E-state index in [1.807, 2.05) is 4.90 Å². The number of hydrogen-bond donors (Lipinski definition) is 1. The van der Waals surface area contributed by atoms with Crippen LogP contribution in [-0.2, 0) is 6.18 Å². The summed E-state index contributed by atoms with van der Waals surface area (Å²) >= 11 is 0. The van der Waals surface area contributed by atoms with Crippen molar-refractivity contribution in [1.29, 1.82) is 0 Å². The number of nitrogens with zero attached hydrogens (tertiary/aromatic N) is 1. The molecule has 0 radical (unpaired) electrons. The van der Waals surface area contributed by atoms with Gasteiger partial charge in [0.2, 0.25) is 0 Å². The lowest BCUT2D eigenvalue weighted by atomic mass is 9.98. The van der Waals surface area contributed by atoms with Crippen molar-refractivity contribution in [2.24, 2.45) is 5.92 Å². The molecular formula is C13H17F3N2. The highest BCUT2D eigenvalue weighted by molar-refractivity contribution is 5.59. The average Bonchev–Trinajstić information content (AvgIpc) is 2.29. The van der Waals surface area contributed by atoms with E-state index < -0.39 is 11.7 Å². The third-order valence-electron chi connectivity index (χ3n) is 3.49. The summed E-state index contributed by atoms with van der Waals surface area (Å²) < 4.78 is 38.3. The van der Waals surface area contributed by atoms with Crippen molar-refractivity contribution >= 4 is 11.4 Å². The van der Waals surface area contributed by atoms with Crippen LogP contribution in [0.15, 0.2) is 18.2 Å². The van der Waals surface area contributed by atoms with Crippen LogP contribution in [0.5, 0.6) is 0 Å². The lowest BCUT2D eigenvalue weighted by Gasteiger charge is -2.32. The SMILES string of the molecule is CC1CCN(c2ccc(N)c(C(F)(F)F)c2)CC1. The van der Waals surface area contributed by atoms with Gasteiger partial charge in [-0.3, -0.25) is 0 Å². The zero-order chi connectivity index (χ0) is 13.3. The highest BCUT2D eigenvalue weighted by atomic mass is 19.4. The van der Waals surface area contributed by atoms with Gasteiger partial charge >= 0.3 is 6.18 Å². The van der Waals surface area contributed by atoms with Gasteiger partial charge in [-0.05, 0) is 37.0 Å². The molecule has 0 bridgehead atoms. The molecule has 2 nitrogen and oxygen atoms in total. The number of hydrogen-bond acceptors (Lipinski definition) is 2. The highest BCUT2D eigenvalue weighted by Crippen LogP contribution is 2.36. The van der Waals surface area contributed by atoms with Gasteiger partial charge in [0.15, 0.2) is 0 Å². The number of piperidine rings is 1.